The first-order chi connectivity index (χ1) is 8.90. The summed E-state index contributed by atoms with van der Waals surface area (Å²) in [4.78, 5) is 32.0. The molecule has 0 atom stereocenters. The minimum atomic E-state index is -0.759. The van der Waals surface area contributed by atoms with Crippen LogP contribution in [0.15, 0.2) is 22.7 Å². The number of amides is 1. The summed E-state index contributed by atoms with van der Waals surface area (Å²) in [5.41, 5.74) is 7.36. The Morgan fingerprint density at radius 2 is 1.95 bits per heavy atom. The van der Waals surface area contributed by atoms with Gasteiger partial charge >= 0.3 is 0 Å². The number of hydrogen-bond donors (Lipinski definition) is 0. The molecule has 19 heavy (non-hydrogen) atoms. The highest BCUT2D eigenvalue weighted by molar-refractivity contribution is 9.10. The van der Waals surface area contributed by atoms with Gasteiger partial charge in [-0.2, -0.15) is 0 Å². The Bertz CT molecular complexity index is 516. The summed E-state index contributed by atoms with van der Waals surface area (Å²) in [6.07, 6.45) is 0.546. The standard InChI is InChI=1S/C12H12BrN2O4/c13-11-5-2-9(15(18)19)7-8(11)1-3-10(16)4-6-12(14)17/h2,5,7,14H,1,3-4,6H2. The molecule has 0 bridgehead atoms. The third kappa shape index (κ3) is 5.17. The molecule has 6 nitrogen and oxygen atoms in total. The Balaban J connectivity index is 2.62. The van der Waals surface area contributed by atoms with Crippen LogP contribution in [0, 0.1) is 10.1 Å². The van der Waals surface area contributed by atoms with Crippen LogP contribution >= 0.6 is 15.9 Å². The van der Waals surface area contributed by atoms with Gasteiger partial charge in [-0.15, -0.1) is 0 Å². The molecule has 0 saturated carbocycles. The van der Waals surface area contributed by atoms with Crippen molar-refractivity contribution in [1.29, 1.82) is 0 Å². The van der Waals surface area contributed by atoms with Gasteiger partial charge in [0.05, 0.1) is 4.92 Å². The normalized spacial score (nSPS) is 10.2. The first-order valence-electron chi connectivity index (χ1n) is 5.59. The Morgan fingerprint density at radius 1 is 1.26 bits per heavy atom. The lowest BCUT2D eigenvalue weighted by molar-refractivity contribution is -0.384. The Labute approximate surface area is 118 Å². The summed E-state index contributed by atoms with van der Waals surface area (Å²) >= 11 is 3.27. The quantitative estimate of drug-likeness (QED) is 0.566. The zero-order valence-electron chi connectivity index (χ0n) is 10.0. The second-order valence-corrected chi connectivity index (χ2v) is 4.85. The van der Waals surface area contributed by atoms with Gasteiger partial charge in [-0.3, -0.25) is 25.4 Å². The molecule has 7 heteroatoms. The van der Waals surface area contributed by atoms with Crippen molar-refractivity contribution >= 4 is 33.3 Å². The van der Waals surface area contributed by atoms with Crippen LogP contribution in [0.25, 0.3) is 0 Å². The van der Waals surface area contributed by atoms with E-state index in [0.717, 1.165) is 0 Å². The molecule has 0 aliphatic carbocycles. The Hall–Kier alpha value is -1.76. The molecule has 1 aromatic carbocycles. The molecule has 1 amide bonds. The highest BCUT2D eigenvalue weighted by atomic mass is 79.9. The molecule has 0 unspecified atom stereocenters. The fourth-order valence-corrected chi connectivity index (χ4v) is 1.96. The SMILES string of the molecule is [NH]C(=O)CCC(=O)CCc1cc([N+](=O)[O-])ccc1Br. The first-order valence-corrected chi connectivity index (χ1v) is 6.38. The van der Waals surface area contributed by atoms with E-state index >= 15 is 0 Å². The number of nitrogens with zero attached hydrogens (tertiary/aromatic N) is 1. The lowest BCUT2D eigenvalue weighted by Crippen LogP contribution is -2.05. The van der Waals surface area contributed by atoms with Gasteiger partial charge in [0.25, 0.3) is 5.69 Å². The predicted octanol–water partition coefficient (Wildman–Crippen LogP) is 2.45. The summed E-state index contributed by atoms with van der Waals surface area (Å²) in [6.45, 7) is 0. The smallest absolute Gasteiger partial charge is 0.269 e. The van der Waals surface area contributed by atoms with E-state index in [4.69, 9.17) is 5.73 Å². The van der Waals surface area contributed by atoms with Crippen molar-refractivity contribution in [3.8, 4) is 0 Å². The van der Waals surface area contributed by atoms with Gasteiger partial charge in [-0.1, -0.05) is 15.9 Å². The number of aryl methyl sites for hydroxylation is 1. The number of rotatable bonds is 7. The number of halogens is 1. The minimum Gasteiger partial charge on any atom is -0.300 e. The van der Waals surface area contributed by atoms with Crippen LogP contribution in [0.3, 0.4) is 0 Å². The number of nitro benzene ring substituents is 1. The molecule has 0 aliphatic rings. The Morgan fingerprint density at radius 3 is 2.53 bits per heavy atom. The average Bonchev–Trinajstić information content (AvgIpc) is 2.35. The molecule has 0 saturated heterocycles. The number of Topliss-reactive ketones (excluding diaryl/α,β-unsaturated/α-hetero) is 1. The molecule has 1 aromatic rings. The summed E-state index contributed by atoms with van der Waals surface area (Å²) in [5, 5.41) is 10.6. The van der Waals surface area contributed by atoms with Crippen LogP contribution in [0.4, 0.5) is 5.69 Å². The lowest BCUT2D eigenvalue weighted by Gasteiger charge is -2.04. The maximum absolute atomic E-state index is 11.5. The van der Waals surface area contributed by atoms with E-state index in [1.54, 1.807) is 6.07 Å². The highest BCUT2D eigenvalue weighted by Gasteiger charge is 2.11. The number of benzene rings is 1. The largest absolute Gasteiger partial charge is 0.300 e. The number of non-ortho nitro benzene ring substituents is 1. The van der Waals surface area contributed by atoms with Gasteiger partial charge in [0, 0.05) is 35.9 Å². The molecule has 1 rings (SSSR count). The van der Waals surface area contributed by atoms with Crippen molar-refractivity contribution in [1.82, 2.24) is 5.73 Å². The maximum atomic E-state index is 11.5. The van der Waals surface area contributed by atoms with E-state index in [1.807, 2.05) is 0 Å². The Kier molecular flexibility index (Phi) is 5.62. The molecule has 1 radical (unpaired) electrons. The van der Waals surface area contributed by atoms with Crippen molar-refractivity contribution in [2.24, 2.45) is 0 Å². The van der Waals surface area contributed by atoms with Gasteiger partial charge in [0.2, 0.25) is 5.91 Å². The van der Waals surface area contributed by atoms with Crippen molar-refractivity contribution in [3.05, 3.63) is 38.3 Å². The topological polar surface area (TPSA) is 101 Å². The summed E-state index contributed by atoms with van der Waals surface area (Å²) in [7, 11) is 0. The van der Waals surface area contributed by atoms with E-state index < -0.39 is 10.8 Å². The van der Waals surface area contributed by atoms with Gasteiger partial charge in [0.15, 0.2) is 0 Å². The molecule has 0 aromatic heterocycles. The summed E-state index contributed by atoms with van der Waals surface area (Å²) in [6, 6.07) is 4.38. The van der Waals surface area contributed by atoms with Crippen LogP contribution in [0.2, 0.25) is 0 Å². The highest BCUT2D eigenvalue weighted by Crippen LogP contribution is 2.23. The molecular formula is C12H12BrN2O4. The van der Waals surface area contributed by atoms with Crippen molar-refractivity contribution in [2.45, 2.75) is 25.7 Å². The van der Waals surface area contributed by atoms with Gasteiger partial charge in [0.1, 0.15) is 5.78 Å². The molecule has 0 fully saturated rings. The number of hydrogen-bond acceptors (Lipinski definition) is 4. The molecule has 0 heterocycles. The zero-order valence-corrected chi connectivity index (χ0v) is 11.6. The van der Waals surface area contributed by atoms with Gasteiger partial charge in [-0.05, 0) is 18.1 Å². The fraction of sp³-hybridized carbons (Fsp3) is 0.333. The third-order valence-corrected chi connectivity index (χ3v) is 3.32. The van der Waals surface area contributed by atoms with E-state index in [-0.39, 0.29) is 30.7 Å². The van der Waals surface area contributed by atoms with Crippen molar-refractivity contribution < 1.29 is 14.5 Å². The molecule has 0 aliphatic heterocycles. The zero-order chi connectivity index (χ0) is 14.4. The lowest BCUT2D eigenvalue weighted by atomic mass is 10.0. The van der Waals surface area contributed by atoms with Crippen LogP contribution in [-0.4, -0.2) is 16.6 Å². The van der Waals surface area contributed by atoms with Gasteiger partial charge < -0.3 is 0 Å². The van der Waals surface area contributed by atoms with Crippen molar-refractivity contribution in [3.63, 3.8) is 0 Å². The number of ketones is 1. The molecule has 1 N–H and O–H groups in total. The second-order valence-electron chi connectivity index (χ2n) is 3.99. The monoisotopic (exact) mass is 327 g/mol. The van der Waals surface area contributed by atoms with Crippen molar-refractivity contribution in [2.75, 3.05) is 0 Å². The fourth-order valence-electron chi connectivity index (χ4n) is 1.52. The number of nitro groups is 1. The van der Waals surface area contributed by atoms with E-state index in [9.17, 15) is 19.7 Å². The number of carbonyl (C=O) groups is 2. The number of carbonyl (C=O) groups excluding carboxylic acids is 2. The average molecular weight is 328 g/mol. The molecular weight excluding hydrogens is 316 g/mol. The van der Waals surface area contributed by atoms with Gasteiger partial charge in [-0.25, -0.2) is 0 Å². The molecule has 0 spiro atoms. The third-order valence-electron chi connectivity index (χ3n) is 2.54. The van der Waals surface area contributed by atoms with Crippen LogP contribution in [-0.2, 0) is 16.0 Å². The second kappa shape index (κ2) is 6.98. The minimum absolute atomic E-state index is 0.0213. The number of nitrogens with one attached hydrogen (secondary N) is 1. The first kappa shape index (κ1) is 15.3. The molecule has 101 valence electrons. The summed E-state index contributed by atoms with van der Waals surface area (Å²) in [5.74, 6) is -0.885. The predicted molar refractivity (Wildman–Crippen MR) is 71.5 cm³/mol. The van der Waals surface area contributed by atoms with E-state index in [0.29, 0.717) is 16.5 Å². The van der Waals surface area contributed by atoms with Crippen LogP contribution in [0.5, 0.6) is 0 Å². The summed E-state index contributed by atoms with van der Waals surface area (Å²) < 4.78 is 0.711. The van der Waals surface area contributed by atoms with E-state index in [2.05, 4.69) is 15.9 Å². The van der Waals surface area contributed by atoms with E-state index in [1.165, 1.54) is 12.1 Å². The van der Waals surface area contributed by atoms with Crippen LogP contribution in [0.1, 0.15) is 24.8 Å². The maximum Gasteiger partial charge on any atom is 0.269 e. The van der Waals surface area contributed by atoms with Crippen LogP contribution < -0.4 is 5.73 Å².